The molecule has 0 saturated heterocycles. The van der Waals surface area contributed by atoms with Crippen LogP contribution in [0.3, 0.4) is 0 Å². The van der Waals surface area contributed by atoms with Gasteiger partial charge in [-0.3, -0.25) is 15.5 Å². The first-order chi connectivity index (χ1) is 15.3. The molecule has 0 aliphatic rings. The molecule has 7 nitrogen and oxygen atoms in total. The standard InChI is InChI=1S/C21H21F3N4O3S/c1-13-10-15(31-28-13)12-32-19-5-3-2-4-16(19)20(29)26-9-8-25-17-7-6-14(21(22,23)24)11-18(17)27-30/h2-7,10-11,25,27,30H,8-9,12H2,1H3,(H,26,29). The van der Waals surface area contributed by atoms with Crippen molar-refractivity contribution in [1.82, 2.24) is 10.5 Å². The Morgan fingerprint density at radius 2 is 1.91 bits per heavy atom. The van der Waals surface area contributed by atoms with Gasteiger partial charge in [-0.15, -0.1) is 11.8 Å². The number of halogens is 3. The molecule has 3 rings (SSSR count). The summed E-state index contributed by atoms with van der Waals surface area (Å²) < 4.78 is 43.6. The minimum Gasteiger partial charge on any atom is -0.382 e. The van der Waals surface area contributed by atoms with Gasteiger partial charge >= 0.3 is 6.18 Å². The normalized spacial score (nSPS) is 11.3. The highest BCUT2D eigenvalue weighted by molar-refractivity contribution is 7.98. The second-order valence-electron chi connectivity index (χ2n) is 6.77. The van der Waals surface area contributed by atoms with Crippen molar-refractivity contribution in [3.8, 4) is 0 Å². The van der Waals surface area contributed by atoms with Crippen LogP contribution in [0.4, 0.5) is 24.5 Å². The number of amides is 1. The van der Waals surface area contributed by atoms with E-state index in [9.17, 15) is 18.0 Å². The number of nitrogens with zero attached hydrogens (tertiary/aromatic N) is 1. The topological polar surface area (TPSA) is 99.4 Å². The summed E-state index contributed by atoms with van der Waals surface area (Å²) in [5, 5.41) is 18.6. The van der Waals surface area contributed by atoms with E-state index in [4.69, 9.17) is 9.73 Å². The highest BCUT2D eigenvalue weighted by Gasteiger charge is 2.31. The van der Waals surface area contributed by atoms with Crippen molar-refractivity contribution >= 4 is 29.0 Å². The number of thioether (sulfide) groups is 1. The van der Waals surface area contributed by atoms with E-state index in [0.29, 0.717) is 17.1 Å². The van der Waals surface area contributed by atoms with Gasteiger partial charge in [0.25, 0.3) is 5.91 Å². The summed E-state index contributed by atoms with van der Waals surface area (Å²) in [6.07, 6.45) is -4.52. The smallest absolute Gasteiger partial charge is 0.382 e. The number of rotatable bonds is 9. The van der Waals surface area contributed by atoms with Crippen LogP contribution in [0.15, 0.2) is 57.9 Å². The predicted octanol–water partition coefficient (Wildman–Crippen LogP) is 4.94. The molecule has 32 heavy (non-hydrogen) atoms. The van der Waals surface area contributed by atoms with Crippen molar-refractivity contribution in [1.29, 1.82) is 0 Å². The molecule has 0 spiro atoms. The van der Waals surface area contributed by atoms with E-state index < -0.39 is 11.7 Å². The maximum Gasteiger partial charge on any atom is 0.416 e. The first-order valence-corrected chi connectivity index (χ1v) is 10.5. The molecule has 0 bridgehead atoms. The van der Waals surface area contributed by atoms with E-state index in [0.717, 1.165) is 22.7 Å². The molecule has 0 fully saturated rings. The quantitative estimate of drug-likeness (QED) is 0.201. The number of aryl methyl sites for hydroxylation is 1. The molecule has 1 aromatic heterocycles. The maximum absolute atomic E-state index is 12.8. The number of hydrogen-bond donors (Lipinski definition) is 4. The number of benzene rings is 2. The number of nitrogens with one attached hydrogen (secondary N) is 3. The molecule has 0 radical (unpaired) electrons. The molecular weight excluding hydrogens is 445 g/mol. The van der Waals surface area contributed by atoms with E-state index >= 15 is 0 Å². The van der Waals surface area contributed by atoms with Gasteiger partial charge in [0.05, 0.1) is 33.9 Å². The molecule has 4 N–H and O–H groups in total. The number of alkyl halides is 3. The lowest BCUT2D eigenvalue weighted by Gasteiger charge is -2.15. The SMILES string of the molecule is Cc1cc(CSc2ccccc2C(=O)NCCNc2ccc(C(F)(F)F)cc2NO)on1. The van der Waals surface area contributed by atoms with Crippen molar-refractivity contribution in [3.05, 3.63) is 71.1 Å². The molecule has 0 aliphatic heterocycles. The zero-order valence-electron chi connectivity index (χ0n) is 17.0. The average molecular weight is 466 g/mol. The van der Waals surface area contributed by atoms with E-state index in [1.807, 2.05) is 25.1 Å². The Morgan fingerprint density at radius 1 is 1.12 bits per heavy atom. The summed E-state index contributed by atoms with van der Waals surface area (Å²) in [5.74, 6) is 0.950. The third kappa shape index (κ3) is 6.17. The van der Waals surface area contributed by atoms with Crippen molar-refractivity contribution < 1.29 is 27.7 Å². The predicted molar refractivity (Wildman–Crippen MR) is 115 cm³/mol. The second-order valence-corrected chi connectivity index (χ2v) is 7.79. The fourth-order valence-electron chi connectivity index (χ4n) is 2.85. The lowest BCUT2D eigenvalue weighted by Crippen LogP contribution is -2.29. The lowest BCUT2D eigenvalue weighted by molar-refractivity contribution is -0.137. The van der Waals surface area contributed by atoms with Crippen LogP contribution in [0.2, 0.25) is 0 Å². The largest absolute Gasteiger partial charge is 0.416 e. The van der Waals surface area contributed by atoms with Gasteiger partial charge in [-0.2, -0.15) is 13.2 Å². The molecule has 1 heterocycles. The minimum absolute atomic E-state index is 0.115. The summed E-state index contributed by atoms with van der Waals surface area (Å²) in [6.45, 7) is 2.28. The van der Waals surface area contributed by atoms with Gasteiger partial charge in [-0.1, -0.05) is 17.3 Å². The van der Waals surface area contributed by atoms with E-state index in [1.54, 1.807) is 17.6 Å². The number of carbonyl (C=O) groups is 1. The van der Waals surface area contributed by atoms with Crippen molar-refractivity contribution in [3.63, 3.8) is 0 Å². The van der Waals surface area contributed by atoms with Gasteiger partial charge in [0.15, 0.2) is 0 Å². The van der Waals surface area contributed by atoms with Gasteiger partial charge in [0.1, 0.15) is 5.76 Å². The van der Waals surface area contributed by atoms with E-state index in [2.05, 4.69) is 15.8 Å². The van der Waals surface area contributed by atoms with Crippen LogP contribution >= 0.6 is 11.8 Å². The summed E-state index contributed by atoms with van der Waals surface area (Å²) >= 11 is 1.45. The van der Waals surface area contributed by atoms with Crippen LogP contribution in [0.25, 0.3) is 0 Å². The summed E-state index contributed by atoms with van der Waals surface area (Å²) in [6, 6.07) is 11.9. The van der Waals surface area contributed by atoms with Crippen molar-refractivity contribution in [2.45, 2.75) is 23.7 Å². The summed E-state index contributed by atoms with van der Waals surface area (Å²) in [5.41, 5.74) is 2.31. The fraction of sp³-hybridized carbons (Fsp3) is 0.238. The number of carbonyl (C=O) groups excluding carboxylic acids is 1. The molecule has 0 atom stereocenters. The van der Waals surface area contributed by atoms with Gasteiger partial charge in [0.2, 0.25) is 0 Å². The molecule has 0 unspecified atom stereocenters. The Bertz CT molecular complexity index is 1070. The van der Waals surface area contributed by atoms with Crippen molar-refractivity contribution in [2.24, 2.45) is 0 Å². The number of hydrogen-bond acceptors (Lipinski definition) is 7. The van der Waals surface area contributed by atoms with Crippen LogP contribution in [-0.4, -0.2) is 29.4 Å². The third-order valence-electron chi connectivity index (χ3n) is 4.37. The molecular formula is C21H21F3N4O3S. The van der Waals surface area contributed by atoms with Crippen LogP contribution in [0, 0.1) is 6.92 Å². The number of anilines is 2. The molecule has 3 aromatic rings. The van der Waals surface area contributed by atoms with Gasteiger partial charge < -0.3 is 15.2 Å². The highest BCUT2D eigenvalue weighted by atomic mass is 32.2. The lowest BCUT2D eigenvalue weighted by atomic mass is 10.1. The first-order valence-electron chi connectivity index (χ1n) is 9.55. The van der Waals surface area contributed by atoms with Gasteiger partial charge in [0, 0.05) is 24.1 Å². The van der Waals surface area contributed by atoms with Gasteiger partial charge in [-0.05, 0) is 37.3 Å². The van der Waals surface area contributed by atoms with Crippen LogP contribution < -0.4 is 16.1 Å². The summed E-state index contributed by atoms with van der Waals surface area (Å²) in [4.78, 5) is 13.4. The Hall–Kier alpha value is -3.18. The first kappa shape index (κ1) is 23.5. The summed E-state index contributed by atoms with van der Waals surface area (Å²) in [7, 11) is 0. The van der Waals surface area contributed by atoms with Crippen LogP contribution in [-0.2, 0) is 11.9 Å². The zero-order valence-corrected chi connectivity index (χ0v) is 17.8. The second kappa shape index (κ2) is 10.4. The number of aromatic nitrogens is 1. The molecule has 1 amide bonds. The van der Waals surface area contributed by atoms with E-state index in [1.165, 1.54) is 17.8 Å². The van der Waals surface area contributed by atoms with Crippen LogP contribution in [0.1, 0.15) is 27.4 Å². The zero-order chi connectivity index (χ0) is 23.1. The average Bonchev–Trinajstić information content (AvgIpc) is 3.19. The van der Waals surface area contributed by atoms with Crippen LogP contribution in [0.5, 0.6) is 0 Å². The Morgan fingerprint density at radius 3 is 2.59 bits per heavy atom. The minimum atomic E-state index is -4.52. The molecule has 2 aromatic carbocycles. The molecule has 0 aliphatic carbocycles. The fourth-order valence-corrected chi connectivity index (χ4v) is 3.77. The Balaban J connectivity index is 1.54. The monoisotopic (exact) mass is 466 g/mol. The third-order valence-corrected chi connectivity index (χ3v) is 5.47. The van der Waals surface area contributed by atoms with E-state index in [-0.39, 0.29) is 30.4 Å². The van der Waals surface area contributed by atoms with Gasteiger partial charge in [-0.25, -0.2) is 0 Å². The molecule has 0 saturated carbocycles. The molecule has 170 valence electrons. The Labute approximate surface area is 186 Å². The van der Waals surface area contributed by atoms with Crippen molar-refractivity contribution in [2.75, 3.05) is 23.9 Å². The maximum atomic E-state index is 12.8. The highest BCUT2D eigenvalue weighted by Crippen LogP contribution is 2.33. The molecule has 11 heteroatoms. The Kier molecular flexibility index (Phi) is 7.65.